The molecule has 196 valence electrons. The number of benzene rings is 3. The van der Waals surface area contributed by atoms with E-state index in [-0.39, 0.29) is 4.90 Å². The Labute approximate surface area is 231 Å². The molecule has 0 bridgehead atoms. The van der Waals surface area contributed by atoms with Crippen molar-refractivity contribution in [2.24, 2.45) is 0 Å². The molecular weight excluding hydrogens is 528 g/mol. The van der Waals surface area contributed by atoms with Crippen LogP contribution in [0.1, 0.15) is 16.7 Å². The summed E-state index contributed by atoms with van der Waals surface area (Å²) in [6.07, 6.45) is 5.01. The van der Waals surface area contributed by atoms with Crippen LogP contribution in [0.4, 0.5) is 11.4 Å². The van der Waals surface area contributed by atoms with Crippen molar-refractivity contribution in [3.8, 4) is 16.3 Å². The van der Waals surface area contributed by atoms with Crippen LogP contribution in [0.15, 0.2) is 107 Å². The molecule has 0 aliphatic rings. The summed E-state index contributed by atoms with van der Waals surface area (Å²) in [5, 5.41) is 9.50. The molecule has 2 N–H and O–H groups in total. The number of nitrogens with zero attached hydrogens (tertiary/aromatic N) is 2. The molecule has 7 nitrogen and oxygen atoms in total. The van der Waals surface area contributed by atoms with Crippen LogP contribution in [-0.2, 0) is 14.8 Å². The van der Waals surface area contributed by atoms with E-state index in [0.717, 1.165) is 27.4 Å². The number of thiophene rings is 1. The first-order valence-corrected chi connectivity index (χ1v) is 14.5. The molecule has 0 unspecified atom stereocenters. The van der Waals surface area contributed by atoms with Gasteiger partial charge < -0.3 is 5.32 Å². The lowest BCUT2D eigenvalue weighted by Gasteiger charge is -2.12. The van der Waals surface area contributed by atoms with E-state index in [9.17, 15) is 13.2 Å². The highest BCUT2D eigenvalue weighted by atomic mass is 32.2. The maximum absolute atomic E-state index is 13.1. The van der Waals surface area contributed by atoms with Crippen LogP contribution in [-0.4, -0.2) is 24.1 Å². The average molecular weight is 555 g/mol. The van der Waals surface area contributed by atoms with Gasteiger partial charge in [0.05, 0.1) is 15.5 Å². The molecule has 5 rings (SSSR count). The lowest BCUT2D eigenvalue weighted by molar-refractivity contribution is -0.111. The van der Waals surface area contributed by atoms with Gasteiger partial charge >= 0.3 is 0 Å². The summed E-state index contributed by atoms with van der Waals surface area (Å²) >= 11 is 1.57. The van der Waals surface area contributed by atoms with Crippen LogP contribution >= 0.6 is 11.3 Å². The second-order valence-corrected chi connectivity index (χ2v) is 11.6. The van der Waals surface area contributed by atoms with E-state index in [1.165, 1.54) is 12.1 Å². The summed E-state index contributed by atoms with van der Waals surface area (Å²) in [5.74, 6) is -0.390. The van der Waals surface area contributed by atoms with Gasteiger partial charge in [-0.1, -0.05) is 42.5 Å². The number of anilines is 2. The fourth-order valence-electron chi connectivity index (χ4n) is 4.06. The molecular formula is C30H26N4O3S2. The molecule has 0 saturated carbocycles. The number of carbonyl (C=O) groups excluding carboxylic acids is 1. The minimum atomic E-state index is -3.86. The van der Waals surface area contributed by atoms with Gasteiger partial charge in [-0.3, -0.25) is 9.52 Å². The van der Waals surface area contributed by atoms with E-state index < -0.39 is 15.9 Å². The molecule has 0 radical (unpaired) electrons. The largest absolute Gasteiger partial charge is 0.322 e. The number of hydrogen-bond acceptors (Lipinski definition) is 5. The first-order chi connectivity index (χ1) is 18.8. The molecule has 2 heterocycles. The Morgan fingerprint density at radius 3 is 2.49 bits per heavy atom. The zero-order chi connectivity index (χ0) is 27.4. The number of sulfonamides is 1. The highest BCUT2D eigenvalue weighted by Crippen LogP contribution is 2.29. The fraction of sp³-hybridized carbons (Fsp3) is 0.0667. The van der Waals surface area contributed by atoms with Crippen LogP contribution in [0.2, 0.25) is 0 Å². The first kappa shape index (κ1) is 26.1. The summed E-state index contributed by atoms with van der Waals surface area (Å²) in [6, 6.07) is 25.6. The normalized spacial score (nSPS) is 11.5. The van der Waals surface area contributed by atoms with E-state index in [4.69, 9.17) is 5.10 Å². The number of amides is 1. The molecule has 0 aliphatic carbocycles. The van der Waals surface area contributed by atoms with Gasteiger partial charge in [0.1, 0.15) is 5.69 Å². The highest BCUT2D eigenvalue weighted by Gasteiger charge is 2.18. The van der Waals surface area contributed by atoms with Crippen molar-refractivity contribution < 1.29 is 13.2 Å². The molecule has 0 fully saturated rings. The Bertz CT molecular complexity index is 1760. The summed E-state index contributed by atoms with van der Waals surface area (Å²) in [5.41, 5.74) is 4.82. The van der Waals surface area contributed by atoms with Crippen LogP contribution in [0, 0.1) is 13.8 Å². The lowest BCUT2D eigenvalue weighted by atomic mass is 10.2. The summed E-state index contributed by atoms with van der Waals surface area (Å²) in [4.78, 5) is 13.9. The fourth-order valence-corrected chi connectivity index (χ4v) is 6.11. The van der Waals surface area contributed by atoms with Gasteiger partial charge in [0.25, 0.3) is 10.0 Å². The molecule has 0 atom stereocenters. The quantitative estimate of drug-likeness (QED) is 0.210. The van der Waals surface area contributed by atoms with E-state index in [0.29, 0.717) is 16.9 Å². The summed E-state index contributed by atoms with van der Waals surface area (Å²) in [6.45, 7) is 3.61. The van der Waals surface area contributed by atoms with Gasteiger partial charge in [-0.2, -0.15) is 5.10 Å². The number of hydrogen-bond donors (Lipinski definition) is 2. The van der Waals surface area contributed by atoms with Gasteiger partial charge in [0.2, 0.25) is 5.91 Å². The molecule has 3 aromatic carbocycles. The van der Waals surface area contributed by atoms with Crippen LogP contribution in [0.5, 0.6) is 0 Å². The minimum Gasteiger partial charge on any atom is -0.322 e. The number of carbonyl (C=O) groups is 1. The van der Waals surface area contributed by atoms with Crippen LogP contribution < -0.4 is 10.0 Å². The predicted octanol–water partition coefficient (Wildman–Crippen LogP) is 6.67. The van der Waals surface area contributed by atoms with Crippen molar-refractivity contribution in [2.45, 2.75) is 18.7 Å². The molecule has 2 aromatic heterocycles. The number of rotatable bonds is 8. The Morgan fingerprint density at radius 2 is 1.74 bits per heavy atom. The van der Waals surface area contributed by atoms with Crippen LogP contribution in [0.3, 0.4) is 0 Å². The van der Waals surface area contributed by atoms with E-state index >= 15 is 0 Å². The Kier molecular flexibility index (Phi) is 7.44. The second kappa shape index (κ2) is 11.1. The molecule has 1 amide bonds. The van der Waals surface area contributed by atoms with E-state index in [1.807, 2.05) is 67.0 Å². The van der Waals surface area contributed by atoms with Crippen molar-refractivity contribution in [3.05, 3.63) is 119 Å². The van der Waals surface area contributed by atoms with Gasteiger partial charge in [-0.05, 0) is 78.9 Å². The molecule has 0 saturated heterocycles. The Balaban J connectivity index is 1.37. The maximum Gasteiger partial charge on any atom is 0.262 e. The zero-order valence-electron chi connectivity index (χ0n) is 21.3. The molecule has 5 aromatic rings. The van der Waals surface area contributed by atoms with Crippen molar-refractivity contribution >= 4 is 44.7 Å². The third kappa shape index (κ3) is 6.17. The molecule has 39 heavy (non-hydrogen) atoms. The third-order valence-electron chi connectivity index (χ3n) is 5.95. The summed E-state index contributed by atoms with van der Waals surface area (Å²) < 4.78 is 30.6. The van der Waals surface area contributed by atoms with E-state index in [2.05, 4.69) is 10.0 Å². The zero-order valence-corrected chi connectivity index (χ0v) is 23.0. The average Bonchev–Trinajstić information content (AvgIpc) is 3.59. The molecule has 0 aliphatic heterocycles. The Hall–Kier alpha value is -4.47. The van der Waals surface area contributed by atoms with Crippen molar-refractivity contribution in [1.82, 2.24) is 9.78 Å². The van der Waals surface area contributed by atoms with Crippen molar-refractivity contribution in [2.75, 3.05) is 10.0 Å². The number of aromatic nitrogens is 2. The predicted molar refractivity (Wildman–Crippen MR) is 158 cm³/mol. The van der Waals surface area contributed by atoms with Gasteiger partial charge in [0, 0.05) is 29.2 Å². The smallest absolute Gasteiger partial charge is 0.262 e. The molecule has 0 spiro atoms. The topological polar surface area (TPSA) is 93.1 Å². The number of nitrogens with one attached hydrogen (secondary N) is 2. The van der Waals surface area contributed by atoms with E-state index in [1.54, 1.807) is 59.4 Å². The molecule has 9 heteroatoms. The van der Waals surface area contributed by atoms with Gasteiger partial charge in [0.15, 0.2) is 0 Å². The maximum atomic E-state index is 13.1. The van der Waals surface area contributed by atoms with Gasteiger partial charge in [-0.15, -0.1) is 11.3 Å². The van der Waals surface area contributed by atoms with Crippen molar-refractivity contribution in [1.29, 1.82) is 0 Å². The first-order valence-electron chi connectivity index (χ1n) is 12.2. The second-order valence-electron chi connectivity index (χ2n) is 8.97. The number of para-hydroxylation sites is 1. The minimum absolute atomic E-state index is 0.0925. The van der Waals surface area contributed by atoms with Gasteiger partial charge in [-0.25, -0.2) is 13.1 Å². The number of aryl methyl sites for hydroxylation is 2. The highest BCUT2D eigenvalue weighted by molar-refractivity contribution is 7.92. The summed E-state index contributed by atoms with van der Waals surface area (Å²) in [7, 11) is -3.86. The standard InChI is InChI=1S/C30H26N4O3S2/c1-21-8-6-9-25(18-21)33-39(36,37)28-19-24(15-13-22(28)2)31-29(35)16-14-23-20-34(26-10-4-3-5-11-26)32-30(23)27-12-7-17-38-27/h3-20,33H,1-2H3,(H,31,35). The van der Waals surface area contributed by atoms with Crippen LogP contribution in [0.25, 0.3) is 22.3 Å². The third-order valence-corrected chi connectivity index (χ3v) is 8.35. The lowest BCUT2D eigenvalue weighted by Crippen LogP contribution is -2.15. The SMILES string of the molecule is Cc1cccc(NS(=O)(=O)c2cc(NC(=O)C=Cc3cn(-c4ccccc4)nc3-c3cccs3)ccc2C)c1. The Morgan fingerprint density at radius 1 is 0.923 bits per heavy atom. The van der Waals surface area contributed by atoms with Crippen molar-refractivity contribution in [3.63, 3.8) is 0 Å². The monoisotopic (exact) mass is 554 g/mol.